The monoisotopic (exact) mass is 693 g/mol. The molecule has 2 saturated heterocycles. The molecule has 9 atom stereocenters. The van der Waals surface area contributed by atoms with Gasteiger partial charge in [0.1, 0.15) is 40.9 Å². The summed E-state index contributed by atoms with van der Waals surface area (Å²) in [6.45, 7) is 0. The van der Waals surface area contributed by atoms with E-state index < -0.39 is 76.6 Å². The van der Waals surface area contributed by atoms with Gasteiger partial charge in [0, 0.05) is 22.1 Å². The minimum Gasteiger partial charge on any atom is -0.508 e. The molecule has 2 fully saturated rings. The van der Waals surface area contributed by atoms with Crippen LogP contribution in [0.5, 0.6) is 11.5 Å². The van der Waals surface area contributed by atoms with Gasteiger partial charge in [-0.25, -0.2) is 9.18 Å². The normalized spacial score (nSPS) is 26.4. The zero-order chi connectivity index (χ0) is 35.0. The van der Waals surface area contributed by atoms with Crippen molar-refractivity contribution in [2.45, 2.75) is 48.1 Å². The third-order valence-corrected chi connectivity index (χ3v) is 10.2. The number of aliphatic hydroxyl groups excluding tert-OH is 4. The van der Waals surface area contributed by atoms with E-state index in [1.165, 1.54) is 35.2 Å². The van der Waals surface area contributed by atoms with Gasteiger partial charge in [-0.05, 0) is 59.2 Å². The molecule has 2 aliphatic rings. The van der Waals surface area contributed by atoms with Crippen LogP contribution in [-0.4, -0.2) is 88.4 Å². The predicted octanol–water partition coefficient (Wildman–Crippen LogP) is 2.41. The highest BCUT2D eigenvalue weighted by atomic mass is 32.2. The first-order valence-corrected chi connectivity index (χ1v) is 16.5. The molecule has 1 amide bonds. The van der Waals surface area contributed by atoms with E-state index in [2.05, 4.69) is 0 Å². The summed E-state index contributed by atoms with van der Waals surface area (Å²) >= 11 is 0. The molecule has 2 heterocycles. The summed E-state index contributed by atoms with van der Waals surface area (Å²) in [6, 6.07) is 23.5. The lowest BCUT2D eigenvalue weighted by Crippen LogP contribution is -2.62. The van der Waals surface area contributed by atoms with Crippen molar-refractivity contribution >= 4 is 28.4 Å². The van der Waals surface area contributed by atoms with Crippen molar-refractivity contribution < 1.29 is 58.3 Å². The van der Waals surface area contributed by atoms with E-state index in [0.717, 1.165) is 12.1 Å². The second kappa shape index (κ2) is 14.0. The molecule has 0 saturated carbocycles. The van der Waals surface area contributed by atoms with Crippen molar-refractivity contribution in [3.05, 3.63) is 114 Å². The first-order chi connectivity index (χ1) is 23.4. The van der Waals surface area contributed by atoms with Crippen LogP contribution in [0.25, 0.3) is 11.1 Å². The Hall–Kier alpha value is -4.70. The topological polar surface area (TPSA) is 194 Å². The van der Waals surface area contributed by atoms with Gasteiger partial charge < -0.3 is 45.0 Å². The number of aromatic hydroxyl groups is 1. The molecule has 0 bridgehead atoms. The molecule has 256 valence electrons. The van der Waals surface area contributed by atoms with Crippen LogP contribution >= 0.6 is 0 Å². The van der Waals surface area contributed by atoms with Crippen LogP contribution in [0.15, 0.2) is 97.1 Å². The van der Waals surface area contributed by atoms with Crippen LogP contribution in [0, 0.1) is 5.82 Å². The van der Waals surface area contributed by atoms with Gasteiger partial charge in [-0.15, -0.1) is 0 Å². The Bertz CT molecular complexity index is 1860. The standard InChI is InChI=1S/C35H32FNO11S/c36-21-12-9-18(10-13-21)25(39)17-49(46)32-27(37(33(32)43)22-6-2-1-3-7-22)24-14-11-20(19-5-4-8-23(38)15-19)16-26(24)47-35-30(42)28(40)29(41)31(48-35)34(44)45/h1-16,25,27-32,35,38-42H,17H2,(H,44,45)/t25-,27+,28-,29?,30?,31?,32+,35+,49?/m0/s1. The summed E-state index contributed by atoms with van der Waals surface area (Å²) in [5.41, 5.74) is 2.02. The highest BCUT2D eigenvalue weighted by Crippen LogP contribution is 2.47. The summed E-state index contributed by atoms with van der Waals surface area (Å²) in [4.78, 5) is 27.0. The SMILES string of the molecule is O=C(O)C1O[C@@H](Oc2cc(-c3cccc(O)c3)ccc2[C@@H]2[C@@H](S(=O)C[C@H](O)c3ccc(F)cc3)C(=O)N2c2ccccc2)C(O)[C@@H](O)C1O. The van der Waals surface area contributed by atoms with Crippen molar-refractivity contribution in [1.82, 2.24) is 0 Å². The van der Waals surface area contributed by atoms with Crippen LogP contribution in [0.4, 0.5) is 10.1 Å². The number of halogens is 1. The third kappa shape index (κ3) is 6.79. The minimum absolute atomic E-state index is 0.0356. The second-order valence-electron chi connectivity index (χ2n) is 11.7. The van der Waals surface area contributed by atoms with Crippen LogP contribution < -0.4 is 9.64 Å². The Morgan fingerprint density at radius 2 is 1.59 bits per heavy atom. The molecule has 0 aromatic heterocycles. The highest BCUT2D eigenvalue weighted by molar-refractivity contribution is 7.86. The number of nitrogens with zero attached hydrogens (tertiary/aromatic N) is 1. The number of carbonyl (C=O) groups excluding carboxylic acids is 1. The number of aliphatic hydroxyl groups is 4. The number of hydrogen-bond donors (Lipinski definition) is 6. The predicted molar refractivity (Wildman–Crippen MR) is 173 cm³/mol. The van der Waals surface area contributed by atoms with Gasteiger partial charge in [-0.3, -0.25) is 9.00 Å². The fourth-order valence-corrected chi connectivity index (χ4v) is 7.56. The number of amides is 1. The van der Waals surface area contributed by atoms with Gasteiger partial charge in [0.25, 0.3) is 0 Å². The number of carboxylic acids is 1. The summed E-state index contributed by atoms with van der Waals surface area (Å²) < 4.78 is 38.8. The van der Waals surface area contributed by atoms with E-state index in [0.29, 0.717) is 22.4 Å². The van der Waals surface area contributed by atoms with Crippen molar-refractivity contribution in [1.29, 1.82) is 0 Å². The second-order valence-corrected chi connectivity index (χ2v) is 13.3. The van der Waals surface area contributed by atoms with Crippen LogP contribution in [0.3, 0.4) is 0 Å². The summed E-state index contributed by atoms with van der Waals surface area (Å²) in [6.07, 6.45) is -10.9. The number of anilines is 1. The van der Waals surface area contributed by atoms with Gasteiger partial charge in [0.15, 0.2) is 6.10 Å². The van der Waals surface area contributed by atoms with Gasteiger partial charge in [-0.1, -0.05) is 54.6 Å². The fraction of sp³-hybridized carbons (Fsp3) is 0.257. The van der Waals surface area contributed by atoms with Crippen molar-refractivity contribution in [3.63, 3.8) is 0 Å². The Kier molecular flexibility index (Phi) is 9.79. The molecule has 2 aliphatic heterocycles. The number of para-hydroxylation sites is 1. The number of β-lactam (4-membered cyclic amide) rings is 1. The molecule has 0 aliphatic carbocycles. The van der Waals surface area contributed by atoms with Crippen molar-refractivity contribution in [2.24, 2.45) is 0 Å². The number of phenols is 1. The minimum atomic E-state index is -2.01. The first kappa shape index (κ1) is 34.2. The molecule has 4 aromatic rings. The smallest absolute Gasteiger partial charge is 0.335 e. The number of benzene rings is 4. The summed E-state index contributed by atoms with van der Waals surface area (Å²) in [7, 11) is -2.01. The largest absolute Gasteiger partial charge is 0.508 e. The summed E-state index contributed by atoms with van der Waals surface area (Å²) in [5, 5.41) is 60.8. The maximum atomic E-state index is 13.9. The maximum Gasteiger partial charge on any atom is 0.335 e. The molecule has 49 heavy (non-hydrogen) atoms. The number of aliphatic carboxylic acids is 1. The van der Waals surface area contributed by atoms with Crippen LogP contribution in [0.2, 0.25) is 0 Å². The van der Waals surface area contributed by atoms with Crippen LogP contribution in [0.1, 0.15) is 23.3 Å². The van der Waals surface area contributed by atoms with Gasteiger partial charge >= 0.3 is 5.97 Å². The average Bonchev–Trinajstić information content (AvgIpc) is 3.08. The van der Waals surface area contributed by atoms with Gasteiger partial charge in [-0.2, -0.15) is 0 Å². The Balaban J connectivity index is 1.42. The number of carbonyl (C=O) groups is 2. The number of rotatable bonds is 10. The Morgan fingerprint density at radius 1 is 0.898 bits per heavy atom. The van der Waals surface area contributed by atoms with E-state index in [1.54, 1.807) is 54.6 Å². The van der Waals surface area contributed by atoms with Crippen molar-refractivity contribution in [2.75, 3.05) is 10.7 Å². The van der Waals surface area contributed by atoms with Crippen LogP contribution in [-0.2, 0) is 25.1 Å². The van der Waals surface area contributed by atoms with E-state index in [4.69, 9.17) is 9.47 Å². The molecule has 6 N–H and O–H groups in total. The molecular weight excluding hydrogens is 661 g/mol. The summed E-state index contributed by atoms with van der Waals surface area (Å²) in [5.74, 6) is -3.12. The lowest BCUT2D eigenvalue weighted by atomic mass is 9.90. The molecule has 14 heteroatoms. The van der Waals surface area contributed by atoms with E-state index in [9.17, 15) is 48.8 Å². The molecule has 0 spiro atoms. The number of phenolic OH excluding ortho intramolecular Hbond substituents is 1. The highest BCUT2D eigenvalue weighted by Gasteiger charge is 2.54. The van der Waals surface area contributed by atoms with E-state index in [-0.39, 0.29) is 22.8 Å². The molecule has 4 aromatic carbocycles. The molecule has 12 nitrogen and oxygen atoms in total. The van der Waals surface area contributed by atoms with Crippen molar-refractivity contribution in [3.8, 4) is 22.6 Å². The van der Waals surface area contributed by atoms with Gasteiger partial charge in [0.05, 0.1) is 17.9 Å². The average molecular weight is 694 g/mol. The van der Waals surface area contributed by atoms with Gasteiger partial charge in [0.2, 0.25) is 12.2 Å². The fourth-order valence-electron chi connectivity index (χ4n) is 5.96. The first-order valence-electron chi connectivity index (χ1n) is 15.2. The Labute approximate surface area is 281 Å². The number of hydrogen-bond acceptors (Lipinski definition) is 10. The molecule has 6 rings (SSSR count). The lowest BCUT2D eigenvalue weighted by molar-refractivity contribution is -0.271. The number of ether oxygens (including phenoxy) is 2. The molecule has 4 unspecified atom stereocenters. The molecule has 0 radical (unpaired) electrons. The zero-order valence-electron chi connectivity index (χ0n) is 25.5. The zero-order valence-corrected chi connectivity index (χ0v) is 26.3. The van der Waals surface area contributed by atoms with E-state index >= 15 is 0 Å². The van der Waals surface area contributed by atoms with E-state index in [1.807, 2.05) is 0 Å². The molecular formula is C35H32FNO11S. The maximum absolute atomic E-state index is 13.9. The Morgan fingerprint density at radius 3 is 2.27 bits per heavy atom. The quantitative estimate of drug-likeness (QED) is 0.134. The third-order valence-electron chi connectivity index (χ3n) is 8.51. The lowest BCUT2D eigenvalue weighted by Gasteiger charge is -2.47. The number of carboxylic acid groups (broad SMARTS) is 1.